The molecule has 0 aromatic rings. The molecule has 0 radical (unpaired) electrons. The number of carbonyl (C=O) groups is 1. The van der Waals surface area contributed by atoms with Gasteiger partial charge < -0.3 is 16.0 Å². The van der Waals surface area contributed by atoms with Gasteiger partial charge in [0.1, 0.15) is 0 Å². The number of amides is 1. The highest BCUT2D eigenvalue weighted by Gasteiger charge is 2.37. The Bertz CT molecular complexity index is 290. The number of fused-ring (bicyclic) bond motifs is 3. The van der Waals surface area contributed by atoms with Crippen LogP contribution in [0.2, 0.25) is 0 Å². The summed E-state index contributed by atoms with van der Waals surface area (Å²) in [5, 5.41) is 3.15. The van der Waals surface area contributed by atoms with Crippen LogP contribution in [0.3, 0.4) is 0 Å². The molecule has 0 saturated carbocycles. The van der Waals surface area contributed by atoms with E-state index < -0.39 is 6.04 Å². The van der Waals surface area contributed by atoms with Gasteiger partial charge in [0.05, 0.1) is 6.04 Å². The SMILES string of the molecule is CC(C)(C)C(N)C(=O)NC1CN2CCC1CC2. The molecule has 3 heterocycles. The Morgan fingerprint density at radius 2 is 1.94 bits per heavy atom. The molecule has 3 N–H and O–H groups in total. The van der Waals surface area contributed by atoms with Crippen LogP contribution in [0.4, 0.5) is 0 Å². The lowest BCUT2D eigenvalue weighted by Gasteiger charge is -2.45. The second kappa shape index (κ2) is 4.58. The maximum atomic E-state index is 12.1. The maximum Gasteiger partial charge on any atom is 0.237 e. The zero-order chi connectivity index (χ0) is 12.6. The average molecular weight is 239 g/mol. The Labute approximate surface area is 104 Å². The standard InChI is InChI=1S/C13H25N3O/c1-13(2,3)11(14)12(17)15-10-8-16-6-4-9(10)5-7-16/h9-11H,4-8,14H2,1-3H3,(H,15,17). The normalized spacial score (nSPS) is 34.5. The molecule has 1 amide bonds. The van der Waals surface area contributed by atoms with Crippen molar-refractivity contribution in [1.29, 1.82) is 0 Å². The number of rotatable bonds is 2. The van der Waals surface area contributed by atoms with Gasteiger partial charge in [-0.3, -0.25) is 4.79 Å². The highest BCUT2D eigenvalue weighted by Crippen LogP contribution is 2.28. The third-order valence-electron chi connectivity index (χ3n) is 4.20. The molecule has 0 aliphatic carbocycles. The van der Waals surface area contributed by atoms with Gasteiger partial charge in [-0.2, -0.15) is 0 Å². The van der Waals surface area contributed by atoms with Crippen LogP contribution in [-0.4, -0.2) is 42.5 Å². The van der Waals surface area contributed by atoms with Gasteiger partial charge in [-0.15, -0.1) is 0 Å². The molecular formula is C13H25N3O. The third-order valence-corrected chi connectivity index (χ3v) is 4.20. The van der Waals surface area contributed by atoms with Gasteiger partial charge in [0, 0.05) is 12.6 Å². The molecule has 2 bridgehead atoms. The van der Waals surface area contributed by atoms with Crippen molar-refractivity contribution in [3.8, 4) is 0 Å². The minimum absolute atomic E-state index is 0.0104. The van der Waals surface area contributed by atoms with Crippen LogP contribution >= 0.6 is 0 Å². The number of hydrogen-bond acceptors (Lipinski definition) is 3. The third kappa shape index (κ3) is 2.80. The molecule has 17 heavy (non-hydrogen) atoms. The van der Waals surface area contributed by atoms with Crippen molar-refractivity contribution in [1.82, 2.24) is 10.2 Å². The second-order valence-electron chi connectivity index (χ2n) is 6.60. The molecule has 4 heteroatoms. The maximum absolute atomic E-state index is 12.1. The molecule has 0 aromatic heterocycles. The first-order chi connectivity index (χ1) is 7.88. The van der Waals surface area contributed by atoms with Gasteiger partial charge in [-0.1, -0.05) is 20.8 Å². The number of carbonyl (C=O) groups excluding carboxylic acids is 1. The van der Waals surface area contributed by atoms with Crippen molar-refractivity contribution in [2.24, 2.45) is 17.1 Å². The van der Waals surface area contributed by atoms with Gasteiger partial charge in [-0.05, 0) is 37.3 Å². The van der Waals surface area contributed by atoms with E-state index in [-0.39, 0.29) is 11.3 Å². The van der Waals surface area contributed by atoms with Crippen LogP contribution in [0.5, 0.6) is 0 Å². The molecule has 98 valence electrons. The van der Waals surface area contributed by atoms with E-state index in [1.54, 1.807) is 0 Å². The summed E-state index contributed by atoms with van der Waals surface area (Å²) >= 11 is 0. The van der Waals surface area contributed by atoms with E-state index in [1.165, 1.54) is 25.9 Å². The van der Waals surface area contributed by atoms with Crippen LogP contribution < -0.4 is 11.1 Å². The summed E-state index contributed by atoms with van der Waals surface area (Å²) in [6.45, 7) is 9.42. The predicted molar refractivity (Wildman–Crippen MR) is 68.5 cm³/mol. The van der Waals surface area contributed by atoms with E-state index in [1.807, 2.05) is 20.8 Å². The fraction of sp³-hybridized carbons (Fsp3) is 0.923. The quantitative estimate of drug-likeness (QED) is 0.741. The molecule has 4 nitrogen and oxygen atoms in total. The highest BCUT2D eigenvalue weighted by molar-refractivity contribution is 5.82. The number of nitrogens with one attached hydrogen (secondary N) is 1. The second-order valence-corrected chi connectivity index (χ2v) is 6.60. The Kier molecular flexibility index (Phi) is 3.46. The van der Waals surface area contributed by atoms with E-state index in [0.717, 1.165) is 6.54 Å². The summed E-state index contributed by atoms with van der Waals surface area (Å²) in [4.78, 5) is 14.5. The van der Waals surface area contributed by atoms with Gasteiger partial charge in [0.25, 0.3) is 0 Å². The number of hydrogen-bond donors (Lipinski definition) is 2. The molecule has 3 aliphatic rings. The fourth-order valence-corrected chi connectivity index (χ4v) is 2.79. The lowest BCUT2D eigenvalue weighted by atomic mass is 9.82. The first-order valence-electron chi connectivity index (χ1n) is 6.66. The molecule has 0 aromatic carbocycles. The summed E-state index contributed by atoms with van der Waals surface area (Å²) in [7, 11) is 0. The molecule has 2 atom stereocenters. The molecule has 3 saturated heterocycles. The highest BCUT2D eigenvalue weighted by atomic mass is 16.2. The van der Waals surface area contributed by atoms with Gasteiger partial charge in [0.2, 0.25) is 5.91 Å². The van der Waals surface area contributed by atoms with Crippen molar-refractivity contribution in [2.75, 3.05) is 19.6 Å². The van der Waals surface area contributed by atoms with E-state index in [9.17, 15) is 4.79 Å². The molecule has 0 spiro atoms. The summed E-state index contributed by atoms with van der Waals surface area (Å²) in [6, 6.07) is -0.101. The zero-order valence-electron chi connectivity index (χ0n) is 11.2. The smallest absolute Gasteiger partial charge is 0.237 e. The van der Waals surface area contributed by atoms with E-state index in [0.29, 0.717) is 12.0 Å². The van der Waals surface area contributed by atoms with E-state index >= 15 is 0 Å². The summed E-state index contributed by atoms with van der Waals surface area (Å²) < 4.78 is 0. The van der Waals surface area contributed by atoms with E-state index in [2.05, 4.69) is 10.2 Å². The summed E-state index contributed by atoms with van der Waals surface area (Å²) in [6.07, 6.45) is 2.44. The first kappa shape index (κ1) is 12.8. The number of piperidine rings is 3. The lowest BCUT2D eigenvalue weighted by molar-refractivity contribution is -0.126. The zero-order valence-corrected chi connectivity index (χ0v) is 11.2. The Morgan fingerprint density at radius 1 is 1.35 bits per heavy atom. The number of nitrogens with two attached hydrogens (primary N) is 1. The molecule has 3 rings (SSSR count). The predicted octanol–water partition coefficient (Wildman–Crippen LogP) is 0.570. The topological polar surface area (TPSA) is 58.4 Å². The van der Waals surface area contributed by atoms with Crippen LogP contribution in [0.15, 0.2) is 0 Å². The molecule has 3 fully saturated rings. The van der Waals surface area contributed by atoms with Crippen molar-refractivity contribution in [3.05, 3.63) is 0 Å². The minimum atomic E-state index is -0.419. The van der Waals surface area contributed by atoms with Crippen LogP contribution in [0.1, 0.15) is 33.6 Å². The van der Waals surface area contributed by atoms with Crippen molar-refractivity contribution in [3.63, 3.8) is 0 Å². The number of nitrogens with zero attached hydrogens (tertiary/aromatic N) is 1. The lowest BCUT2D eigenvalue weighted by Crippen LogP contribution is -2.60. The van der Waals surface area contributed by atoms with Crippen molar-refractivity contribution in [2.45, 2.75) is 45.7 Å². The van der Waals surface area contributed by atoms with Crippen molar-refractivity contribution < 1.29 is 4.79 Å². The molecular weight excluding hydrogens is 214 g/mol. The monoisotopic (exact) mass is 239 g/mol. The Hall–Kier alpha value is -0.610. The molecule has 2 unspecified atom stereocenters. The molecule has 3 aliphatic heterocycles. The van der Waals surface area contributed by atoms with Gasteiger partial charge in [0.15, 0.2) is 0 Å². The first-order valence-corrected chi connectivity index (χ1v) is 6.66. The summed E-state index contributed by atoms with van der Waals surface area (Å²) in [5.41, 5.74) is 5.82. The van der Waals surface area contributed by atoms with Crippen LogP contribution in [0.25, 0.3) is 0 Å². The Morgan fingerprint density at radius 3 is 2.35 bits per heavy atom. The fourth-order valence-electron chi connectivity index (χ4n) is 2.79. The summed E-state index contributed by atoms with van der Waals surface area (Å²) in [5.74, 6) is 0.673. The van der Waals surface area contributed by atoms with Crippen LogP contribution in [0, 0.1) is 11.3 Å². The minimum Gasteiger partial charge on any atom is -0.350 e. The van der Waals surface area contributed by atoms with Crippen molar-refractivity contribution >= 4 is 5.91 Å². The van der Waals surface area contributed by atoms with Gasteiger partial charge in [-0.25, -0.2) is 0 Å². The average Bonchev–Trinajstić information content (AvgIpc) is 2.28. The van der Waals surface area contributed by atoms with Gasteiger partial charge >= 0.3 is 0 Å². The Balaban J connectivity index is 1.91. The largest absolute Gasteiger partial charge is 0.350 e. The van der Waals surface area contributed by atoms with Crippen LogP contribution in [-0.2, 0) is 4.79 Å². The van der Waals surface area contributed by atoms with E-state index in [4.69, 9.17) is 5.73 Å².